The Hall–Kier alpha value is -2.74. The summed E-state index contributed by atoms with van der Waals surface area (Å²) >= 11 is 0. The average molecular weight is 413 g/mol. The van der Waals surface area contributed by atoms with Crippen LogP contribution in [0.2, 0.25) is 0 Å². The molecule has 0 bridgehead atoms. The summed E-state index contributed by atoms with van der Waals surface area (Å²) in [6, 6.07) is 6.00. The highest BCUT2D eigenvalue weighted by Crippen LogP contribution is 2.26. The molecule has 4 rings (SSSR count). The summed E-state index contributed by atoms with van der Waals surface area (Å²) < 4.78 is 15.9. The van der Waals surface area contributed by atoms with Gasteiger partial charge >= 0.3 is 0 Å². The molecular weight excluding hydrogens is 383 g/mol. The van der Waals surface area contributed by atoms with E-state index in [-0.39, 0.29) is 11.9 Å². The molecule has 0 radical (unpaired) electrons. The standard InChI is InChI=1S/C22H29FN6O/c1-14-24-12-19(28(14)4)15-5-6-18-17(11-15)20(27-26-18)21(30)25-16-7-9-29(10-8-16)13-22(2,3)23/h5-6,11-12,16H,7-10,13H2,1-4H3,(H,25,30)(H,26,27). The monoisotopic (exact) mass is 412 g/mol. The maximum absolute atomic E-state index is 13.9. The number of aromatic nitrogens is 4. The Morgan fingerprint density at radius 3 is 2.70 bits per heavy atom. The number of aromatic amines is 1. The van der Waals surface area contributed by atoms with Crippen molar-refractivity contribution in [3.63, 3.8) is 0 Å². The number of rotatable bonds is 5. The van der Waals surface area contributed by atoms with E-state index in [1.54, 1.807) is 13.8 Å². The highest BCUT2D eigenvalue weighted by atomic mass is 19.1. The lowest BCUT2D eigenvalue weighted by molar-refractivity contribution is 0.0844. The van der Waals surface area contributed by atoms with Gasteiger partial charge in [-0.05, 0) is 45.7 Å². The van der Waals surface area contributed by atoms with Crippen LogP contribution >= 0.6 is 0 Å². The quantitative estimate of drug-likeness (QED) is 0.675. The molecule has 160 valence electrons. The Balaban J connectivity index is 1.48. The molecule has 1 aromatic carbocycles. The molecule has 1 fully saturated rings. The second kappa shape index (κ2) is 7.83. The van der Waals surface area contributed by atoms with Crippen molar-refractivity contribution in [1.82, 2.24) is 30.0 Å². The SMILES string of the molecule is Cc1ncc(-c2ccc3[nH]nc(C(=O)NC4CCN(CC(C)(C)F)CC4)c3c2)n1C. The Labute approximate surface area is 175 Å². The highest BCUT2D eigenvalue weighted by Gasteiger charge is 2.27. The highest BCUT2D eigenvalue weighted by molar-refractivity contribution is 6.05. The number of carbonyl (C=O) groups excluding carboxylic acids is 1. The van der Waals surface area contributed by atoms with Crippen molar-refractivity contribution < 1.29 is 9.18 Å². The number of hydrogen-bond donors (Lipinski definition) is 2. The van der Waals surface area contributed by atoms with Crippen molar-refractivity contribution >= 4 is 16.8 Å². The van der Waals surface area contributed by atoms with Crippen LogP contribution in [0, 0.1) is 6.92 Å². The first-order chi connectivity index (χ1) is 14.2. The van der Waals surface area contributed by atoms with E-state index < -0.39 is 5.67 Å². The summed E-state index contributed by atoms with van der Waals surface area (Å²) in [4.78, 5) is 19.4. The van der Waals surface area contributed by atoms with Crippen molar-refractivity contribution in [3.05, 3.63) is 35.9 Å². The zero-order valence-electron chi connectivity index (χ0n) is 18.0. The molecule has 0 saturated carbocycles. The number of aryl methyl sites for hydroxylation is 1. The predicted molar refractivity (Wildman–Crippen MR) is 115 cm³/mol. The van der Waals surface area contributed by atoms with Gasteiger partial charge in [0.05, 0.1) is 17.4 Å². The second-order valence-corrected chi connectivity index (χ2v) is 8.82. The van der Waals surface area contributed by atoms with Gasteiger partial charge in [-0.25, -0.2) is 9.37 Å². The van der Waals surface area contributed by atoms with E-state index >= 15 is 0 Å². The number of imidazole rings is 1. The lowest BCUT2D eigenvalue weighted by Gasteiger charge is -2.34. The van der Waals surface area contributed by atoms with Gasteiger partial charge in [0, 0.05) is 43.7 Å². The fourth-order valence-electron chi connectivity index (χ4n) is 4.14. The van der Waals surface area contributed by atoms with Gasteiger partial charge in [0.1, 0.15) is 11.5 Å². The number of hydrogen-bond acceptors (Lipinski definition) is 4. The number of halogens is 1. The molecule has 1 saturated heterocycles. The lowest BCUT2D eigenvalue weighted by atomic mass is 10.0. The lowest BCUT2D eigenvalue weighted by Crippen LogP contribution is -2.47. The van der Waals surface area contributed by atoms with Gasteiger partial charge in [-0.1, -0.05) is 6.07 Å². The number of H-pyrrole nitrogens is 1. The third kappa shape index (κ3) is 4.23. The first-order valence-corrected chi connectivity index (χ1v) is 10.4. The average Bonchev–Trinajstić information content (AvgIpc) is 3.25. The first-order valence-electron chi connectivity index (χ1n) is 10.4. The number of piperidine rings is 1. The normalized spacial score (nSPS) is 16.3. The molecule has 0 atom stereocenters. The molecular formula is C22H29FN6O. The van der Waals surface area contributed by atoms with Gasteiger partial charge in [0.15, 0.2) is 5.69 Å². The van der Waals surface area contributed by atoms with Crippen LogP contribution < -0.4 is 5.32 Å². The van der Waals surface area contributed by atoms with E-state index in [0.717, 1.165) is 53.9 Å². The third-order valence-corrected chi connectivity index (χ3v) is 5.82. The molecule has 30 heavy (non-hydrogen) atoms. The van der Waals surface area contributed by atoms with E-state index in [4.69, 9.17) is 0 Å². The molecule has 2 N–H and O–H groups in total. The number of alkyl halides is 1. The predicted octanol–water partition coefficient (Wildman–Crippen LogP) is 3.21. The molecule has 1 amide bonds. The van der Waals surface area contributed by atoms with Crippen molar-refractivity contribution in [2.45, 2.75) is 45.3 Å². The maximum Gasteiger partial charge on any atom is 0.272 e. The minimum Gasteiger partial charge on any atom is -0.348 e. The molecule has 3 heterocycles. The molecule has 1 aliphatic heterocycles. The van der Waals surface area contributed by atoms with Crippen molar-refractivity contribution in [1.29, 1.82) is 0 Å². The smallest absolute Gasteiger partial charge is 0.272 e. The van der Waals surface area contributed by atoms with Crippen molar-refractivity contribution in [2.75, 3.05) is 19.6 Å². The van der Waals surface area contributed by atoms with E-state index in [0.29, 0.717) is 12.2 Å². The van der Waals surface area contributed by atoms with E-state index in [9.17, 15) is 9.18 Å². The molecule has 0 aliphatic carbocycles. The Bertz CT molecular complexity index is 1060. The van der Waals surface area contributed by atoms with E-state index in [1.165, 1.54) is 0 Å². The van der Waals surface area contributed by atoms with Crippen LogP contribution in [0.15, 0.2) is 24.4 Å². The molecule has 7 nitrogen and oxygen atoms in total. The molecule has 8 heteroatoms. The van der Waals surface area contributed by atoms with Gasteiger partial charge in [-0.15, -0.1) is 0 Å². The molecule has 0 unspecified atom stereocenters. The minimum absolute atomic E-state index is 0.0751. The fourth-order valence-corrected chi connectivity index (χ4v) is 4.14. The molecule has 2 aromatic heterocycles. The summed E-state index contributed by atoms with van der Waals surface area (Å²) in [7, 11) is 1.97. The first kappa shape index (κ1) is 20.5. The number of fused-ring (bicyclic) bond motifs is 1. The Morgan fingerprint density at radius 2 is 2.07 bits per heavy atom. The van der Waals surface area contributed by atoms with Crippen LogP contribution in [-0.4, -0.2) is 61.9 Å². The number of likely N-dealkylation sites (tertiary alicyclic amines) is 1. The van der Waals surface area contributed by atoms with Crippen LogP contribution in [0.25, 0.3) is 22.2 Å². The van der Waals surface area contributed by atoms with Crippen LogP contribution in [0.1, 0.15) is 43.0 Å². The Kier molecular flexibility index (Phi) is 5.36. The zero-order valence-corrected chi connectivity index (χ0v) is 18.0. The minimum atomic E-state index is -1.20. The molecule has 3 aromatic rings. The van der Waals surface area contributed by atoms with E-state index in [2.05, 4.69) is 25.4 Å². The summed E-state index contributed by atoms with van der Waals surface area (Å²) in [6.45, 7) is 7.15. The number of amides is 1. The van der Waals surface area contributed by atoms with Gasteiger partial charge in [0.25, 0.3) is 5.91 Å². The summed E-state index contributed by atoms with van der Waals surface area (Å²) in [5, 5.41) is 11.1. The van der Waals surface area contributed by atoms with Gasteiger partial charge in [-0.3, -0.25) is 9.89 Å². The number of nitrogens with one attached hydrogen (secondary N) is 2. The topological polar surface area (TPSA) is 78.8 Å². The van der Waals surface area contributed by atoms with Crippen molar-refractivity contribution in [3.8, 4) is 11.3 Å². The second-order valence-electron chi connectivity index (χ2n) is 8.82. The third-order valence-electron chi connectivity index (χ3n) is 5.82. The number of benzene rings is 1. The van der Waals surface area contributed by atoms with Gasteiger partial charge in [0.2, 0.25) is 0 Å². The van der Waals surface area contributed by atoms with Crippen LogP contribution in [0.5, 0.6) is 0 Å². The molecule has 1 aliphatic rings. The number of nitrogens with zero attached hydrogens (tertiary/aromatic N) is 4. The van der Waals surface area contributed by atoms with Crippen LogP contribution in [-0.2, 0) is 7.05 Å². The van der Waals surface area contributed by atoms with Crippen LogP contribution in [0.4, 0.5) is 4.39 Å². The van der Waals surface area contributed by atoms with Gasteiger partial charge in [-0.2, -0.15) is 5.10 Å². The van der Waals surface area contributed by atoms with Crippen LogP contribution in [0.3, 0.4) is 0 Å². The Morgan fingerprint density at radius 1 is 1.33 bits per heavy atom. The zero-order chi connectivity index (χ0) is 21.5. The summed E-state index contributed by atoms with van der Waals surface area (Å²) in [6.07, 6.45) is 3.45. The molecule has 0 spiro atoms. The van der Waals surface area contributed by atoms with Gasteiger partial charge < -0.3 is 14.8 Å². The summed E-state index contributed by atoms with van der Waals surface area (Å²) in [5.41, 5.74) is 2.00. The van der Waals surface area contributed by atoms with Crippen molar-refractivity contribution in [2.24, 2.45) is 7.05 Å². The number of carbonyl (C=O) groups is 1. The fraction of sp³-hybridized carbons (Fsp3) is 0.500. The largest absolute Gasteiger partial charge is 0.348 e. The van der Waals surface area contributed by atoms with E-state index in [1.807, 2.05) is 42.9 Å². The maximum atomic E-state index is 13.9. The summed E-state index contributed by atoms with van der Waals surface area (Å²) in [5.74, 6) is 0.751.